The van der Waals surface area contributed by atoms with Gasteiger partial charge in [-0.2, -0.15) is 5.26 Å². The molecule has 0 fully saturated rings. The van der Waals surface area contributed by atoms with Gasteiger partial charge in [0.05, 0.1) is 12.5 Å². The highest BCUT2D eigenvalue weighted by Gasteiger charge is 2.27. The maximum absolute atomic E-state index is 13.2. The minimum atomic E-state index is -3.27. The Labute approximate surface area is 87.3 Å². The fraction of sp³-hybridized carbons (Fsp3) is 0.250. The van der Waals surface area contributed by atoms with Gasteiger partial charge in [-0.3, -0.25) is 0 Å². The molecule has 0 aromatic carbocycles. The van der Waals surface area contributed by atoms with E-state index < -0.39 is 40.7 Å². The lowest BCUT2D eigenvalue weighted by Crippen LogP contribution is -2.04. The van der Waals surface area contributed by atoms with Gasteiger partial charge < -0.3 is 10.1 Å². The minimum Gasteiger partial charge on any atom is -0.358 e. The molecule has 0 aliphatic heterocycles. The fourth-order valence-corrected chi connectivity index (χ4v) is 1.04. The standard InChI is InChI=1S/C8H4F3N3O2/c9-6-4(1-2-12)3-5(14(15)16)13-7(6)8(10)11/h3,8H,1H2. The number of pyridine rings is 1. The third-order valence-corrected chi connectivity index (χ3v) is 1.71. The van der Waals surface area contributed by atoms with Gasteiger partial charge in [-0.25, -0.2) is 13.2 Å². The number of nitro groups is 1. The average molecular weight is 231 g/mol. The molecule has 1 heterocycles. The predicted octanol–water partition coefficient (Wildman–Crippen LogP) is 2.13. The second-order valence-electron chi connectivity index (χ2n) is 2.73. The van der Waals surface area contributed by atoms with Crippen LogP contribution in [0.25, 0.3) is 0 Å². The molecule has 0 radical (unpaired) electrons. The molecule has 0 amide bonds. The number of hydrogen-bond acceptors (Lipinski definition) is 4. The lowest BCUT2D eigenvalue weighted by Gasteiger charge is -2.01. The highest BCUT2D eigenvalue weighted by Crippen LogP contribution is 2.25. The summed E-state index contributed by atoms with van der Waals surface area (Å²) in [5.41, 5.74) is -1.76. The number of nitriles is 1. The molecule has 1 aromatic heterocycles. The normalized spacial score (nSPS) is 10.2. The van der Waals surface area contributed by atoms with Gasteiger partial charge in [0.15, 0.2) is 5.82 Å². The Balaban J connectivity index is 3.40. The van der Waals surface area contributed by atoms with E-state index in [-0.39, 0.29) is 0 Å². The summed E-state index contributed by atoms with van der Waals surface area (Å²) in [6.07, 6.45) is -3.80. The fourth-order valence-electron chi connectivity index (χ4n) is 1.04. The SMILES string of the molecule is N#CCc1cc([N+](=O)[O-])nc(C(F)F)c1F. The summed E-state index contributed by atoms with van der Waals surface area (Å²) in [5.74, 6) is -2.27. The third kappa shape index (κ3) is 2.25. The molecule has 0 aliphatic carbocycles. The maximum Gasteiger partial charge on any atom is 0.364 e. The van der Waals surface area contributed by atoms with E-state index in [4.69, 9.17) is 5.26 Å². The van der Waals surface area contributed by atoms with E-state index in [0.29, 0.717) is 6.07 Å². The van der Waals surface area contributed by atoms with E-state index in [1.165, 1.54) is 6.07 Å². The first kappa shape index (κ1) is 11.9. The van der Waals surface area contributed by atoms with Gasteiger partial charge in [-0.15, -0.1) is 0 Å². The third-order valence-electron chi connectivity index (χ3n) is 1.71. The van der Waals surface area contributed by atoms with Crippen LogP contribution in [0.2, 0.25) is 0 Å². The summed E-state index contributed by atoms with van der Waals surface area (Å²) in [6.45, 7) is 0. The molecule has 0 unspecified atom stereocenters. The Kier molecular flexibility index (Phi) is 3.40. The van der Waals surface area contributed by atoms with Gasteiger partial charge in [0.25, 0.3) is 5.69 Å². The van der Waals surface area contributed by atoms with Crippen LogP contribution in [0.15, 0.2) is 6.07 Å². The Bertz CT molecular complexity index is 470. The highest BCUT2D eigenvalue weighted by atomic mass is 19.3. The molecule has 84 valence electrons. The van der Waals surface area contributed by atoms with Crippen LogP contribution in [0.4, 0.5) is 19.0 Å². The van der Waals surface area contributed by atoms with Crippen LogP contribution in [0.3, 0.4) is 0 Å². The summed E-state index contributed by atoms with van der Waals surface area (Å²) in [5, 5.41) is 18.6. The van der Waals surface area contributed by atoms with Crippen molar-refractivity contribution in [1.82, 2.24) is 4.98 Å². The van der Waals surface area contributed by atoms with E-state index in [0.717, 1.165) is 0 Å². The number of alkyl halides is 2. The van der Waals surface area contributed by atoms with Crippen molar-refractivity contribution in [3.8, 4) is 6.07 Å². The van der Waals surface area contributed by atoms with Crippen LogP contribution in [-0.2, 0) is 6.42 Å². The van der Waals surface area contributed by atoms with E-state index >= 15 is 0 Å². The monoisotopic (exact) mass is 231 g/mol. The van der Waals surface area contributed by atoms with Crippen molar-refractivity contribution in [2.75, 3.05) is 0 Å². The lowest BCUT2D eigenvalue weighted by molar-refractivity contribution is -0.389. The van der Waals surface area contributed by atoms with Gasteiger partial charge in [0, 0.05) is 11.6 Å². The van der Waals surface area contributed by atoms with Crippen LogP contribution in [-0.4, -0.2) is 9.91 Å². The lowest BCUT2D eigenvalue weighted by atomic mass is 10.1. The maximum atomic E-state index is 13.2. The summed E-state index contributed by atoms with van der Waals surface area (Å²) in [4.78, 5) is 12.2. The van der Waals surface area contributed by atoms with Crippen molar-refractivity contribution >= 4 is 5.82 Å². The van der Waals surface area contributed by atoms with Gasteiger partial charge >= 0.3 is 12.2 Å². The number of nitrogens with zero attached hydrogens (tertiary/aromatic N) is 3. The van der Waals surface area contributed by atoms with Crippen molar-refractivity contribution in [2.24, 2.45) is 0 Å². The van der Waals surface area contributed by atoms with Gasteiger partial charge in [0.2, 0.25) is 0 Å². The van der Waals surface area contributed by atoms with Crippen molar-refractivity contribution < 1.29 is 18.1 Å². The van der Waals surface area contributed by atoms with Crippen molar-refractivity contribution in [3.05, 3.63) is 33.3 Å². The zero-order valence-corrected chi connectivity index (χ0v) is 7.65. The van der Waals surface area contributed by atoms with Crippen LogP contribution >= 0.6 is 0 Å². The second kappa shape index (κ2) is 4.57. The van der Waals surface area contributed by atoms with E-state index in [1.807, 2.05) is 0 Å². The van der Waals surface area contributed by atoms with E-state index in [2.05, 4.69) is 4.98 Å². The summed E-state index contributed by atoms with van der Waals surface area (Å²) >= 11 is 0. The molecule has 0 atom stereocenters. The molecule has 0 saturated carbocycles. The number of aromatic nitrogens is 1. The average Bonchev–Trinajstić information content (AvgIpc) is 2.20. The molecule has 0 aliphatic rings. The first-order valence-electron chi connectivity index (χ1n) is 3.96. The van der Waals surface area contributed by atoms with Crippen molar-refractivity contribution in [3.63, 3.8) is 0 Å². The van der Waals surface area contributed by atoms with Crippen LogP contribution in [0.1, 0.15) is 17.7 Å². The molecular formula is C8H4F3N3O2. The summed E-state index contributed by atoms with van der Waals surface area (Å²) in [6, 6.07) is 2.19. The second-order valence-corrected chi connectivity index (χ2v) is 2.73. The van der Waals surface area contributed by atoms with Gasteiger partial charge in [0.1, 0.15) is 0 Å². The zero-order valence-electron chi connectivity index (χ0n) is 7.65. The first-order chi connectivity index (χ1) is 7.47. The first-order valence-corrected chi connectivity index (χ1v) is 3.96. The zero-order chi connectivity index (χ0) is 12.3. The molecule has 1 aromatic rings. The topological polar surface area (TPSA) is 79.8 Å². The molecule has 0 bridgehead atoms. The Morgan fingerprint density at radius 1 is 1.62 bits per heavy atom. The van der Waals surface area contributed by atoms with Gasteiger partial charge in [-0.1, -0.05) is 0 Å². The van der Waals surface area contributed by atoms with Crippen molar-refractivity contribution in [2.45, 2.75) is 12.8 Å². The summed E-state index contributed by atoms with van der Waals surface area (Å²) < 4.78 is 37.8. The van der Waals surface area contributed by atoms with Crippen LogP contribution < -0.4 is 0 Å². The molecule has 1 rings (SSSR count). The number of halogens is 3. The Hall–Kier alpha value is -2.17. The number of hydrogen-bond donors (Lipinski definition) is 0. The van der Waals surface area contributed by atoms with Gasteiger partial charge in [-0.05, 0) is 9.91 Å². The quantitative estimate of drug-likeness (QED) is 0.589. The number of rotatable bonds is 3. The molecule has 0 N–H and O–H groups in total. The van der Waals surface area contributed by atoms with Crippen LogP contribution in [0.5, 0.6) is 0 Å². The minimum absolute atomic E-state index is 0.459. The molecular weight excluding hydrogens is 227 g/mol. The molecule has 16 heavy (non-hydrogen) atoms. The highest BCUT2D eigenvalue weighted by molar-refractivity contribution is 5.33. The molecule has 0 spiro atoms. The Morgan fingerprint density at radius 3 is 2.69 bits per heavy atom. The van der Waals surface area contributed by atoms with E-state index in [9.17, 15) is 23.3 Å². The smallest absolute Gasteiger partial charge is 0.358 e. The molecule has 0 saturated heterocycles. The summed E-state index contributed by atoms with van der Waals surface area (Å²) in [7, 11) is 0. The largest absolute Gasteiger partial charge is 0.364 e. The van der Waals surface area contributed by atoms with Crippen molar-refractivity contribution in [1.29, 1.82) is 5.26 Å². The molecule has 8 heteroatoms. The van der Waals surface area contributed by atoms with E-state index in [1.54, 1.807) is 0 Å². The van der Waals surface area contributed by atoms with Crippen LogP contribution in [0, 0.1) is 27.3 Å². The molecule has 5 nitrogen and oxygen atoms in total. The predicted molar refractivity (Wildman–Crippen MR) is 45.1 cm³/mol. The Morgan fingerprint density at radius 2 is 2.25 bits per heavy atom.